The zero-order valence-corrected chi connectivity index (χ0v) is 17.9. The molecule has 29 heavy (non-hydrogen) atoms. The molecule has 1 saturated carbocycles. The van der Waals surface area contributed by atoms with E-state index in [1.807, 2.05) is 29.2 Å². The molecule has 1 saturated heterocycles. The lowest BCUT2D eigenvalue weighted by molar-refractivity contribution is 0.0790. The lowest BCUT2D eigenvalue weighted by Crippen LogP contribution is -2.28. The summed E-state index contributed by atoms with van der Waals surface area (Å²) in [5.41, 5.74) is 4.33. The summed E-state index contributed by atoms with van der Waals surface area (Å²) in [7, 11) is 1.68. The van der Waals surface area contributed by atoms with Gasteiger partial charge in [-0.15, -0.1) is 11.3 Å². The van der Waals surface area contributed by atoms with E-state index >= 15 is 0 Å². The minimum Gasteiger partial charge on any atom is -0.380 e. The van der Waals surface area contributed by atoms with Gasteiger partial charge in [-0.05, 0) is 43.9 Å². The molecule has 0 radical (unpaired) electrons. The number of hydrogen-bond donors (Lipinski definition) is 0. The van der Waals surface area contributed by atoms with Crippen molar-refractivity contribution in [1.82, 2.24) is 14.3 Å². The molecular formula is C23H27N3O2S. The molecule has 2 fully saturated rings. The Morgan fingerprint density at radius 3 is 2.69 bits per heavy atom. The number of aromatic nitrogens is 2. The molecule has 5 rings (SSSR count). The Morgan fingerprint density at radius 1 is 1.21 bits per heavy atom. The van der Waals surface area contributed by atoms with Gasteiger partial charge in [-0.1, -0.05) is 18.6 Å². The second-order valence-corrected chi connectivity index (χ2v) is 9.23. The molecule has 3 aromatic rings. The Morgan fingerprint density at radius 2 is 2.00 bits per heavy atom. The number of benzene rings is 1. The molecule has 2 aliphatic rings. The van der Waals surface area contributed by atoms with Crippen LogP contribution < -0.4 is 0 Å². The topological polar surface area (TPSA) is 46.8 Å². The van der Waals surface area contributed by atoms with Crippen LogP contribution in [0.1, 0.15) is 70.7 Å². The Balaban J connectivity index is 1.36. The first-order valence-corrected chi connectivity index (χ1v) is 11.4. The van der Waals surface area contributed by atoms with Crippen molar-refractivity contribution >= 4 is 22.1 Å². The van der Waals surface area contributed by atoms with E-state index in [0.717, 1.165) is 30.6 Å². The standard InChI is InChI=1S/C23H27N3O2S/c1-15-14-29-23-20(24-21(26(15)23)17-4-3-5-17)19-10-11-25(12-19)22(27)18-8-6-16(7-9-18)13-28-2/h6-9,14,17,19H,3-5,10-13H2,1-2H3/t19-/m0/s1. The van der Waals surface area contributed by atoms with Crippen LogP contribution in [0.4, 0.5) is 0 Å². The van der Waals surface area contributed by atoms with Gasteiger partial charge in [0.05, 0.1) is 12.3 Å². The molecule has 1 atom stereocenters. The lowest BCUT2D eigenvalue weighted by atomic mass is 9.85. The first kappa shape index (κ1) is 18.8. The van der Waals surface area contributed by atoms with Crippen LogP contribution in [0.2, 0.25) is 0 Å². The molecule has 1 aliphatic carbocycles. The highest BCUT2D eigenvalue weighted by Gasteiger charge is 2.34. The summed E-state index contributed by atoms with van der Waals surface area (Å²) < 4.78 is 7.53. The summed E-state index contributed by atoms with van der Waals surface area (Å²) in [6.45, 7) is 4.30. The average molecular weight is 410 g/mol. The predicted octanol–water partition coefficient (Wildman–Crippen LogP) is 4.75. The number of ether oxygens (including phenoxy) is 1. The monoisotopic (exact) mass is 409 g/mol. The number of fused-ring (bicyclic) bond motifs is 1. The number of hydrogen-bond acceptors (Lipinski definition) is 4. The van der Waals surface area contributed by atoms with E-state index in [9.17, 15) is 4.79 Å². The maximum absolute atomic E-state index is 13.0. The maximum atomic E-state index is 13.0. The maximum Gasteiger partial charge on any atom is 0.253 e. The van der Waals surface area contributed by atoms with Gasteiger partial charge in [-0.25, -0.2) is 4.98 Å². The lowest BCUT2D eigenvalue weighted by Gasteiger charge is -2.24. The molecule has 6 heteroatoms. The van der Waals surface area contributed by atoms with Crippen LogP contribution in [-0.4, -0.2) is 40.4 Å². The quantitative estimate of drug-likeness (QED) is 0.611. The fourth-order valence-corrected chi connectivity index (χ4v) is 5.62. The molecular weight excluding hydrogens is 382 g/mol. The molecule has 0 spiro atoms. The number of thiazole rings is 1. The van der Waals surface area contributed by atoms with Gasteiger partial charge in [0.2, 0.25) is 0 Å². The van der Waals surface area contributed by atoms with Gasteiger partial charge < -0.3 is 9.64 Å². The predicted molar refractivity (Wildman–Crippen MR) is 115 cm³/mol. The Hall–Kier alpha value is -2.18. The van der Waals surface area contributed by atoms with Gasteiger partial charge in [-0.3, -0.25) is 9.20 Å². The van der Waals surface area contributed by atoms with Crippen LogP contribution in [0.5, 0.6) is 0 Å². The largest absolute Gasteiger partial charge is 0.380 e. The summed E-state index contributed by atoms with van der Waals surface area (Å²) in [4.78, 5) is 21.4. The van der Waals surface area contributed by atoms with Crippen LogP contribution in [0.3, 0.4) is 0 Å². The van der Waals surface area contributed by atoms with Crippen molar-refractivity contribution in [3.63, 3.8) is 0 Å². The minimum atomic E-state index is 0.119. The van der Waals surface area contributed by atoms with E-state index in [4.69, 9.17) is 9.72 Å². The van der Waals surface area contributed by atoms with Crippen molar-refractivity contribution < 1.29 is 9.53 Å². The van der Waals surface area contributed by atoms with E-state index in [1.165, 1.54) is 41.3 Å². The smallest absolute Gasteiger partial charge is 0.253 e. The molecule has 1 aromatic carbocycles. The molecule has 1 amide bonds. The number of rotatable bonds is 5. The molecule has 1 aliphatic heterocycles. The van der Waals surface area contributed by atoms with Gasteiger partial charge in [0.1, 0.15) is 10.7 Å². The summed E-state index contributed by atoms with van der Waals surface area (Å²) in [5, 5.41) is 2.24. The van der Waals surface area contributed by atoms with Crippen LogP contribution in [0, 0.1) is 6.92 Å². The molecule has 3 heterocycles. The van der Waals surface area contributed by atoms with Crippen molar-refractivity contribution in [2.75, 3.05) is 20.2 Å². The minimum absolute atomic E-state index is 0.119. The fraction of sp³-hybridized carbons (Fsp3) is 0.478. The summed E-state index contributed by atoms with van der Waals surface area (Å²) in [6.07, 6.45) is 4.80. The summed E-state index contributed by atoms with van der Waals surface area (Å²) in [5.74, 6) is 2.30. The van der Waals surface area contributed by atoms with Crippen molar-refractivity contribution in [2.45, 2.75) is 51.0 Å². The summed E-state index contributed by atoms with van der Waals surface area (Å²) in [6, 6.07) is 7.78. The van der Waals surface area contributed by atoms with Crippen molar-refractivity contribution in [3.8, 4) is 0 Å². The number of likely N-dealkylation sites (tertiary alicyclic amines) is 1. The van der Waals surface area contributed by atoms with Crippen LogP contribution in [0.25, 0.3) is 4.83 Å². The van der Waals surface area contributed by atoms with Crippen LogP contribution in [-0.2, 0) is 11.3 Å². The molecule has 5 nitrogen and oxygen atoms in total. The number of amides is 1. The summed E-state index contributed by atoms with van der Waals surface area (Å²) >= 11 is 1.80. The van der Waals surface area contributed by atoms with Gasteiger partial charge in [-0.2, -0.15) is 0 Å². The first-order valence-electron chi connectivity index (χ1n) is 10.5. The van der Waals surface area contributed by atoms with Crippen molar-refractivity contribution in [3.05, 3.63) is 58.0 Å². The Kier molecular flexibility index (Phi) is 4.92. The van der Waals surface area contributed by atoms with E-state index in [1.54, 1.807) is 18.4 Å². The normalized spacial score (nSPS) is 19.8. The zero-order valence-electron chi connectivity index (χ0n) is 17.1. The SMILES string of the molecule is COCc1ccc(C(=O)N2CC[C@H](c3nc(C4CCC4)n4c(C)csc34)C2)cc1. The van der Waals surface area contributed by atoms with E-state index < -0.39 is 0 Å². The van der Waals surface area contributed by atoms with E-state index in [0.29, 0.717) is 18.4 Å². The first-order chi connectivity index (χ1) is 14.2. The average Bonchev–Trinajstić information content (AvgIpc) is 3.39. The van der Waals surface area contributed by atoms with Crippen molar-refractivity contribution in [2.24, 2.45) is 0 Å². The van der Waals surface area contributed by atoms with Gasteiger partial charge in [0, 0.05) is 48.7 Å². The fourth-order valence-electron chi connectivity index (χ4n) is 4.55. The number of imidazole rings is 1. The highest BCUT2D eigenvalue weighted by Crippen LogP contribution is 2.41. The third-order valence-corrected chi connectivity index (χ3v) is 7.50. The van der Waals surface area contributed by atoms with E-state index in [2.05, 4.69) is 16.7 Å². The number of methoxy groups -OCH3 is 1. The third kappa shape index (κ3) is 3.28. The third-order valence-electron chi connectivity index (χ3n) is 6.42. The molecule has 0 N–H and O–H groups in total. The Bertz CT molecular complexity index is 1030. The number of nitrogens with zero attached hydrogens (tertiary/aromatic N) is 3. The molecule has 152 valence electrons. The Labute approximate surface area is 175 Å². The molecule has 0 bridgehead atoms. The van der Waals surface area contributed by atoms with Gasteiger partial charge >= 0.3 is 0 Å². The van der Waals surface area contributed by atoms with E-state index in [-0.39, 0.29) is 5.91 Å². The zero-order chi connectivity index (χ0) is 20.0. The van der Waals surface area contributed by atoms with Crippen molar-refractivity contribution in [1.29, 1.82) is 0 Å². The van der Waals surface area contributed by atoms with Gasteiger partial charge in [0.15, 0.2) is 0 Å². The second kappa shape index (κ2) is 7.58. The van der Waals surface area contributed by atoms with Gasteiger partial charge in [0.25, 0.3) is 5.91 Å². The molecule has 2 aromatic heterocycles. The number of carbonyl (C=O) groups is 1. The van der Waals surface area contributed by atoms with Crippen LogP contribution in [0.15, 0.2) is 29.6 Å². The molecule has 0 unspecified atom stereocenters. The highest BCUT2D eigenvalue weighted by molar-refractivity contribution is 7.15. The number of aryl methyl sites for hydroxylation is 1. The number of carbonyl (C=O) groups excluding carboxylic acids is 1. The van der Waals surface area contributed by atoms with Crippen LogP contribution >= 0.6 is 11.3 Å². The second-order valence-electron chi connectivity index (χ2n) is 8.37. The highest BCUT2D eigenvalue weighted by atomic mass is 32.1.